The van der Waals surface area contributed by atoms with Crippen molar-refractivity contribution in [1.82, 2.24) is 20.9 Å². The number of aryl methyl sites for hydroxylation is 1. The Morgan fingerprint density at radius 2 is 1.58 bits per heavy atom. The number of ether oxygens (including phenoxy) is 1. The third-order valence-corrected chi connectivity index (χ3v) is 7.57. The molecule has 2 aromatic heterocycles. The van der Waals surface area contributed by atoms with Crippen LogP contribution in [0, 0.1) is 6.92 Å². The predicted octanol–water partition coefficient (Wildman–Crippen LogP) is 4.41. The van der Waals surface area contributed by atoms with Crippen LogP contribution in [0.4, 0.5) is 4.79 Å². The van der Waals surface area contributed by atoms with Gasteiger partial charge < -0.3 is 29.9 Å². The summed E-state index contributed by atoms with van der Waals surface area (Å²) < 4.78 is 10.6. The van der Waals surface area contributed by atoms with Gasteiger partial charge >= 0.3 is 11.7 Å². The first kappa shape index (κ1) is 33.5. The van der Waals surface area contributed by atoms with Gasteiger partial charge in [0.15, 0.2) is 0 Å². The van der Waals surface area contributed by atoms with Crippen molar-refractivity contribution in [1.29, 1.82) is 0 Å². The van der Waals surface area contributed by atoms with Crippen molar-refractivity contribution in [2.45, 2.75) is 58.2 Å². The van der Waals surface area contributed by atoms with Gasteiger partial charge in [0, 0.05) is 47.0 Å². The first-order chi connectivity index (χ1) is 22.8. The highest BCUT2D eigenvalue weighted by Gasteiger charge is 2.30. The zero-order valence-corrected chi connectivity index (χ0v) is 26.9. The molecule has 0 saturated carbocycles. The molecule has 5 rings (SSSR count). The molecule has 0 aliphatic heterocycles. The van der Waals surface area contributed by atoms with Crippen molar-refractivity contribution in [3.63, 3.8) is 0 Å². The van der Waals surface area contributed by atoms with Crippen LogP contribution in [0.5, 0.6) is 5.75 Å². The molecule has 0 aliphatic rings. The highest BCUT2D eigenvalue weighted by molar-refractivity contribution is 6.08. The molecule has 0 spiro atoms. The molecule has 4 amide bonds. The van der Waals surface area contributed by atoms with E-state index in [4.69, 9.17) is 9.15 Å². The molecule has 2 atom stereocenters. The highest BCUT2D eigenvalue weighted by atomic mass is 16.6. The first-order valence-corrected chi connectivity index (χ1v) is 15.3. The number of nitrogens with one attached hydrogen (secondary N) is 4. The van der Waals surface area contributed by atoms with E-state index in [1.807, 2.05) is 24.3 Å². The maximum atomic E-state index is 13.8. The SMILES string of the molecule is Cc1cc(=O)oc2cc(C(=O)NC(=O)[C@@H](Cc3c[nH]c4ccccc34)NC(=O)[C@H](Cc3ccc(O)cc3)NC(=O)OC(C)(C)C)ccc12. The summed E-state index contributed by atoms with van der Waals surface area (Å²) in [5.74, 6) is -2.24. The predicted molar refractivity (Wildman–Crippen MR) is 179 cm³/mol. The number of carbonyl (C=O) groups is 4. The minimum atomic E-state index is -1.26. The number of phenols is 1. The molecule has 0 saturated heterocycles. The normalized spacial score (nSPS) is 12.7. The van der Waals surface area contributed by atoms with Crippen molar-refractivity contribution < 1.29 is 33.4 Å². The largest absolute Gasteiger partial charge is 0.508 e. The van der Waals surface area contributed by atoms with Gasteiger partial charge in [0.2, 0.25) is 11.8 Å². The van der Waals surface area contributed by atoms with E-state index >= 15 is 0 Å². The van der Waals surface area contributed by atoms with Crippen LogP contribution < -0.4 is 21.6 Å². The lowest BCUT2D eigenvalue weighted by Crippen LogP contribution is -2.56. The van der Waals surface area contributed by atoms with Gasteiger partial charge in [-0.15, -0.1) is 0 Å². The number of carbonyl (C=O) groups excluding carboxylic acids is 4. The lowest BCUT2D eigenvalue weighted by Gasteiger charge is -2.25. The third kappa shape index (κ3) is 8.27. The van der Waals surface area contributed by atoms with Crippen molar-refractivity contribution >= 4 is 45.7 Å². The number of hydrogen-bond acceptors (Lipinski definition) is 8. The van der Waals surface area contributed by atoms with Crippen molar-refractivity contribution in [3.05, 3.63) is 112 Å². The Kier molecular flexibility index (Phi) is 9.64. The van der Waals surface area contributed by atoms with E-state index in [-0.39, 0.29) is 29.7 Å². The second kappa shape index (κ2) is 13.8. The Hall–Kier alpha value is -5.91. The average molecular weight is 653 g/mol. The number of imide groups is 1. The number of aromatic amines is 1. The number of alkyl carbamates (subject to hydrolysis) is 1. The molecule has 0 radical (unpaired) electrons. The van der Waals surface area contributed by atoms with E-state index in [0.717, 1.165) is 10.9 Å². The molecule has 0 fully saturated rings. The van der Waals surface area contributed by atoms with E-state index in [1.54, 1.807) is 52.1 Å². The van der Waals surface area contributed by atoms with Crippen LogP contribution in [0.25, 0.3) is 21.9 Å². The van der Waals surface area contributed by atoms with Gasteiger partial charge in [-0.2, -0.15) is 0 Å². The van der Waals surface area contributed by atoms with Crippen LogP contribution in [0.1, 0.15) is 47.8 Å². The number of amides is 4. The van der Waals surface area contributed by atoms with Crippen LogP contribution in [-0.4, -0.2) is 51.6 Å². The fraction of sp³-hybridized carbons (Fsp3) is 0.250. The summed E-state index contributed by atoms with van der Waals surface area (Å²) in [6, 6.07) is 16.9. The summed E-state index contributed by atoms with van der Waals surface area (Å²) in [5.41, 5.74) is 1.66. The molecular weight excluding hydrogens is 616 g/mol. The van der Waals surface area contributed by atoms with E-state index in [9.17, 15) is 29.1 Å². The maximum Gasteiger partial charge on any atom is 0.408 e. The van der Waals surface area contributed by atoms with Gasteiger partial charge in [-0.3, -0.25) is 19.7 Å². The maximum absolute atomic E-state index is 13.8. The summed E-state index contributed by atoms with van der Waals surface area (Å²) in [6.45, 7) is 6.80. The molecule has 3 aromatic carbocycles. The molecule has 12 nitrogen and oxygen atoms in total. The smallest absolute Gasteiger partial charge is 0.408 e. The average Bonchev–Trinajstić information content (AvgIpc) is 3.42. The van der Waals surface area contributed by atoms with Gasteiger partial charge in [-0.25, -0.2) is 9.59 Å². The van der Waals surface area contributed by atoms with Crippen LogP contribution >= 0.6 is 0 Å². The zero-order valence-electron chi connectivity index (χ0n) is 26.9. The monoisotopic (exact) mass is 652 g/mol. The van der Waals surface area contributed by atoms with Gasteiger partial charge in [-0.05, 0) is 74.7 Å². The number of fused-ring (bicyclic) bond motifs is 2. The fourth-order valence-corrected chi connectivity index (χ4v) is 5.27. The zero-order chi connectivity index (χ0) is 34.6. The van der Waals surface area contributed by atoms with Crippen LogP contribution in [0.15, 0.2) is 88.2 Å². The highest BCUT2D eigenvalue weighted by Crippen LogP contribution is 2.21. The number of para-hydroxylation sites is 1. The number of aromatic nitrogens is 1. The lowest BCUT2D eigenvalue weighted by atomic mass is 10.0. The number of aromatic hydroxyl groups is 1. The first-order valence-electron chi connectivity index (χ1n) is 15.3. The Bertz CT molecular complexity index is 2060. The number of rotatable bonds is 9. The molecule has 5 aromatic rings. The number of benzene rings is 3. The summed E-state index contributed by atoms with van der Waals surface area (Å²) in [5, 5.41) is 18.8. The standard InChI is InChI=1S/C36H36N4O8/c1-20-15-31(42)47-30-18-22(11-14-25(20)30)32(43)40-34(45)29(17-23-19-37-27-8-6-5-7-26(23)27)38-33(44)28(39-35(46)48-36(2,3)4)16-21-9-12-24(41)13-10-21/h5-15,18-19,28-29,37,41H,16-17H2,1-4H3,(H,38,44)(H,39,46)(H,40,43,45)/t28-,29+/m0/s1. The van der Waals surface area contributed by atoms with Gasteiger partial charge in [-0.1, -0.05) is 36.4 Å². The fourth-order valence-electron chi connectivity index (χ4n) is 5.27. The minimum absolute atomic E-state index is 0.000968. The second-order valence-corrected chi connectivity index (χ2v) is 12.5. The number of H-pyrrole nitrogens is 1. The molecule has 2 heterocycles. The Morgan fingerprint density at radius 3 is 2.31 bits per heavy atom. The van der Waals surface area contributed by atoms with E-state index in [0.29, 0.717) is 22.1 Å². The Morgan fingerprint density at radius 1 is 0.875 bits per heavy atom. The molecule has 12 heteroatoms. The van der Waals surface area contributed by atoms with Crippen molar-refractivity contribution in [2.24, 2.45) is 0 Å². The summed E-state index contributed by atoms with van der Waals surface area (Å²) in [7, 11) is 0. The lowest BCUT2D eigenvalue weighted by molar-refractivity contribution is -0.129. The van der Waals surface area contributed by atoms with Crippen LogP contribution in [-0.2, 0) is 27.2 Å². The number of hydrogen-bond donors (Lipinski definition) is 5. The van der Waals surface area contributed by atoms with E-state index < -0.39 is 47.1 Å². The van der Waals surface area contributed by atoms with E-state index in [1.165, 1.54) is 30.3 Å². The Labute approximate surface area is 275 Å². The van der Waals surface area contributed by atoms with Crippen molar-refractivity contribution in [2.75, 3.05) is 0 Å². The molecule has 0 bridgehead atoms. The summed E-state index contributed by atoms with van der Waals surface area (Å²) in [6.07, 6.45) is 0.888. The topological polar surface area (TPSA) is 180 Å². The van der Waals surface area contributed by atoms with Gasteiger partial charge in [0.1, 0.15) is 29.0 Å². The van der Waals surface area contributed by atoms with Crippen molar-refractivity contribution in [3.8, 4) is 5.75 Å². The second-order valence-electron chi connectivity index (χ2n) is 12.5. The molecule has 0 aliphatic carbocycles. The summed E-state index contributed by atoms with van der Waals surface area (Å²) in [4.78, 5) is 68.7. The van der Waals surface area contributed by atoms with Crippen LogP contribution in [0.2, 0.25) is 0 Å². The molecule has 5 N–H and O–H groups in total. The minimum Gasteiger partial charge on any atom is -0.508 e. The molecular formula is C36H36N4O8. The Balaban J connectivity index is 1.42. The third-order valence-electron chi connectivity index (χ3n) is 7.57. The quantitative estimate of drug-likeness (QED) is 0.145. The number of phenolic OH excluding ortho intramolecular Hbond substituents is 1. The molecule has 48 heavy (non-hydrogen) atoms. The van der Waals surface area contributed by atoms with Gasteiger partial charge in [0.05, 0.1) is 0 Å². The van der Waals surface area contributed by atoms with Gasteiger partial charge in [0.25, 0.3) is 5.91 Å². The molecule has 248 valence electrons. The molecule has 0 unspecified atom stereocenters. The van der Waals surface area contributed by atoms with E-state index in [2.05, 4.69) is 20.9 Å². The van der Waals surface area contributed by atoms with Crippen LogP contribution in [0.3, 0.4) is 0 Å². The summed E-state index contributed by atoms with van der Waals surface area (Å²) >= 11 is 0.